The number of urea groups is 1. The normalized spacial score (nSPS) is 11.9. The van der Waals surface area contributed by atoms with Crippen molar-refractivity contribution in [2.45, 2.75) is 26.4 Å². The number of aryl methyl sites for hydroxylation is 1. The third-order valence-corrected chi connectivity index (χ3v) is 4.58. The molecule has 0 radical (unpaired) electrons. The van der Waals surface area contributed by atoms with E-state index in [-0.39, 0.29) is 12.1 Å². The minimum Gasteiger partial charge on any atom is -0.494 e. The zero-order chi connectivity index (χ0) is 20.1. The molecule has 0 aliphatic heterocycles. The zero-order valence-corrected chi connectivity index (χ0v) is 16.7. The van der Waals surface area contributed by atoms with E-state index >= 15 is 0 Å². The van der Waals surface area contributed by atoms with Crippen LogP contribution in [0.2, 0.25) is 0 Å². The standard InChI is InChI=1S/C20H26N6O2/c1-5-25(13-16-10-21-24(3)12-16)20(27)23-15(2)17-11-22-26(14-17)18-8-6-7-9-19(18)28-4/h6-12,14-15H,5,13H2,1-4H3,(H,23,27). The van der Waals surface area contributed by atoms with E-state index in [1.807, 2.05) is 57.6 Å². The average molecular weight is 382 g/mol. The van der Waals surface area contributed by atoms with E-state index in [0.717, 1.165) is 22.6 Å². The molecule has 0 saturated carbocycles. The van der Waals surface area contributed by atoms with Gasteiger partial charge in [0.15, 0.2) is 0 Å². The van der Waals surface area contributed by atoms with Gasteiger partial charge >= 0.3 is 6.03 Å². The monoisotopic (exact) mass is 382 g/mol. The minimum absolute atomic E-state index is 0.121. The van der Waals surface area contributed by atoms with Gasteiger partial charge in [0.25, 0.3) is 0 Å². The van der Waals surface area contributed by atoms with Crippen molar-refractivity contribution >= 4 is 6.03 Å². The van der Waals surface area contributed by atoms with Crippen molar-refractivity contribution < 1.29 is 9.53 Å². The van der Waals surface area contributed by atoms with E-state index in [1.54, 1.807) is 33.8 Å². The summed E-state index contributed by atoms with van der Waals surface area (Å²) in [5.41, 5.74) is 2.76. The largest absolute Gasteiger partial charge is 0.494 e. The van der Waals surface area contributed by atoms with Crippen molar-refractivity contribution in [3.63, 3.8) is 0 Å². The maximum atomic E-state index is 12.7. The second-order valence-corrected chi connectivity index (χ2v) is 6.60. The minimum atomic E-state index is -0.182. The molecular weight excluding hydrogens is 356 g/mol. The highest BCUT2D eigenvalue weighted by molar-refractivity contribution is 5.74. The molecule has 2 heterocycles. The quantitative estimate of drug-likeness (QED) is 0.682. The number of rotatable bonds is 7. The summed E-state index contributed by atoms with van der Waals surface area (Å²) in [6, 6.07) is 7.37. The van der Waals surface area contributed by atoms with Gasteiger partial charge in [0.1, 0.15) is 11.4 Å². The summed E-state index contributed by atoms with van der Waals surface area (Å²) >= 11 is 0. The number of carbonyl (C=O) groups excluding carboxylic acids is 1. The topological polar surface area (TPSA) is 77.2 Å². The Hall–Kier alpha value is -3.29. The summed E-state index contributed by atoms with van der Waals surface area (Å²) in [6.45, 7) is 5.02. The van der Waals surface area contributed by atoms with Gasteiger partial charge in [0.2, 0.25) is 0 Å². The fraction of sp³-hybridized carbons (Fsp3) is 0.350. The average Bonchev–Trinajstić information content (AvgIpc) is 3.35. The molecule has 2 amide bonds. The molecule has 2 aromatic heterocycles. The number of para-hydroxylation sites is 2. The molecule has 148 valence electrons. The number of amides is 2. The van der Waals surface area contributed by atoms with Crippen LogP contribution in [-0.4, -0.2) is 44.1 Å². The Morgan fingerprint density at radius 3 is 2.71 bits per heavy atom. The highest BCUT2D eigenvalue weighted by Gasteiger charge is 2.18. The second-order valence-electron chi connectivity index (χ2n) is 6.60. The van der Waals surface area contributed by atoms with Crippen LogP contribution in [0.1, 0.15) is 31.0 Å². The molecular formula is C20H26N6O2. The molecule has 0 spiro atoms. The van der Waals surface area contributed by atoms with Crippen LogP contribution in [0.3, 0.4) is 0 Å². The van der Waals surface area contributed by atoms with Gasteiger partial charge in [0.05, 0.1) is 32.1 Å². The number of carbonyl (C=O) groups is 1. The van der Waals surface area contributed by atoms with Crippen molar-refractivity contribution in [2.75, 3.05) is 13.7 Å². The van der Waals surface area contributed by atoms with E-state index in [0.29, 0.717) is 13.1 Å². The smallest absolute Gasteiger partial charge is 0.318 e. The molecule has 8 nitrogen and oxygen atoms in total. The number of ether oxygens (including phenoxy) is 1. The van der Waals surface area contributed by atoms with E-state index in [2.05, 4.69) is 15.5 Å². The maximum absolute atomic E-state index is 12.7. The molecule has 0 bridgehead atoms. The van der Waals surface area contributed by atoms with Crippen LogP contribution in [0.15, 0.2) is 49.1 Å². The Morgan fingerprint density at radius 1 is 1.25 bits per heavy atom. The van der Waals surface area contributed by atoms with Crippen molar-refractivity contribution in [1.29, 1.82) is 0 Å². The first-order valence-electron chi connectivity index (χ1n) is 9.22. The molecule has 3 aromatic rings. The van der Waals surface area contributed by atoms with Crippen molar-refractivity contribution in [2.24, 2.45) is 7.05 Å². The highest BCUT2D eigenvalue weighted by atomic mass is 16.5. The van der Waals surface area contributed by atoms with Crippen LogP contribution in [0, 0.1) is 0 Å². The van der Waals surface area contributed by atoms with Crippen LogP contribution >= 0.6 is 0 Å². The van der Waals surface area contributed by atoms with Crippen LogP contribution < -0.4 is 10.1 Å². The fourth-order valence-corrected chi connectivity index (χ4v) is 2.97. The summed E-state index contributed by atoms with van der Waals surface area (Å²) < 4.78 is 8.88. The molecule has 0 fully saturated rings. The number of hydrogen-bond donors (Lipinski definition) is 1. The fourth-order valence-electron chi connectivity index (χ4n) is 2.97. The summed E-state index contributed by atoms with van der Waals surface area (Å²) in [5, 5.41) is 11.6. The Labute approximate surface area is 164 Å². The van der Waals surface area contributed by atoms with Gasteiger partial charge < -0.3 is 15.0 Å². The Kier molecular flexibility index (Phi) is 5.98. The van der Waals surface area contributed by atoms with E-state index in [1.165, 1.54) is 0 Å². The Balaban J connectivity index is 1.68. The summed E-state index contributed by atoms with van der Waals surface area (Å²) in [7, 11) is 3.50. The molecule has 1 N–H and O–H groups in total. The van der Waals surface area contributed by atoms with E-state index in [4.69, 9.17) is 4.74 Å². The highest BCUT2D eigenvalue weighted by Crippen LogP contribution is 2.23. The van der Waals surface area contributed by atoms with Gasteiger partial charge in [-0.2, -0.15) is 10.2 Å². The maximum Gasteiger partial charge on any atom is 0.318 e. The van der Waals surface area contributed by atoms with Crippen molar-refractivity contribution in [3.8, 4) is 11.4 Å². The van der Waals surface area contributed by atoms with Crippen LogP contribution in [-0.2, 0) is 13.6 Å². The van der Waals surface area contributed by atoms with E-state index in [9.17, 15) is 4.79 Å². The van der Waals surface area contributed by atoms with E-state index < -0.39 is 0 Å². The number of nitrogens with one attached hydrogen (secondary N) is 1. The second kappa shape index (κ2) is 8.60. The molecule has 0 saturated heterocycles. The SMILES string of the molecule is CCN(Cc1cnn(C)c1)C(=O)NC(C)c1cnn(-c2ccccc2OC)c1. The van der Waals surface area contributed by atoms with Gasteiger partial charge in [-0.25, -0.2) is 9.48 Å². The van der Waals surface area contributed by atoms with Gasteiger partial charge in [-0.3, -0.25) is 4.68 Å². The summed E-state index contributed by atoms with van der Waals surface area (Å²) in [4.78, 5) is 14.4. The van der Waals surface area contributed by atoms with Gasteiger partial charge in [-0.15, -0.1) is 0 Å². The lowest BCUT2D eigenvalue weighted by Crippen LogP contribution is -2.40. The summed E-state index contributed by atoms with van der Waals surface area (Å²) in [5.74, 6) is 0.738. The van der Waals surface area contributed by atoms with Crippen LogP contribution in [0.25, 0.3) is 5.69 Å². The first kappa shape index (κ1) is 19.5. The molecule has 28 heavy (non-hydrogen) atoms. The van der Waals surface area contributed by atoms with Gasteiger partial charge in [-0.05, 0) is 26.0 Å². The predicted octanol–water partition coefficient (Wildman–Crippen LogP) is 2.91. The third-order valence-electron chi connectivity index (χ3n) is 4.58. The van der Waals surface area contributed by atoms with Crippen molar-refractivity contribution in [1.82, 2.24) is 29.8 Å². The third kappa shape index (κ3) is 4.33. The number of hydrogen-bond acceptors (Lipinski definition) is 4. The van der Waals surface area contributed by atoms with Crippen molar-refractivity contribution in [3.05, 3.63) is 60.2 Å². The van der Waals surface area contributed by atoms with Gasteiger partial charge in [0, 0.05) is 37.1 Å². The Bertz CT molecular complexity index is 932. The Morgan fingerprint density at radius 2 is 2.04 bits per heavy atom. The van der Waals surface area contributed by atoms with Crippen LogP contribution in [0.4, 0.5) is 4.79 Å². The molecule has 1 atom stereocenters. The zero-order valence-electron chi connectivity index (χ0n) is 16.7. The lowest BCUT2D eigenvalue weighted by molar-refractivity contribution is 0.195. The number of nitrogens with zero attached hydrogens (tertiary/aromatic N) is 5. The predicted molar refractivity (Wildman–Crippen MR) is 106 cm³/mol. The number of aromatic nitrogens is 4. The number of benzene rings is 1. The molecule has 1 unspecified atom stereocenters. The van der Waals surface area contributed by atoms with Crippen LogP contribution in [0.5, 0.6) is 5.75 Å². The van der Waals surface area contributed by atoms with Gasteiger partial charge in [-0.1, -0.05) is 12.1 Å². The lowest BCUT2D eigenvalue weighted by Gasteiger charge is -2.23. The summed E-state index contributed by atoms with van der Waals surface area (Å²) in [6.07, 6.45) is 7.35. The molecule has 0 aliphatic carbocycles. The lowest BCUT2D eigenvalue weighted by atomic mass is 10.2. The first-order chi connectivity index (χ1) is 13.5. The molecule has 8 heteroatoms. The molecule has 3 rings (SSSR count). The molecule has 0 aliphatic rings. The first-order valence-corrected chi connectivity index (χ1v) is 9.22. The number of methoxy groups -OCH3 is 1. The molecule has 1 aromatic carbocycles.